The van der Waals surface area contributed by atoms with Crippen molar-refractivity contribution in [3.05, 3.63) is 21.3 Å². The molecule has 1 saturated carbocycles. The molecule has 1 N–H and O–H groups in total. The largest absolute Gasteiger partial charge is 0.312 e. The summed E-state index contributed by atoms with van der Waals surface area (Å²) in [5.41, 5.74) is 0. The van der Waals surface area contributed by atoms with Gasteiger partial charge in [0.05, 0.1) is 10.4 Å². The summed E-state index contributed by atoms with van der Waals surface area (Å²) in [5.74, 6) is 1.16. The first kappa shape index (κ1) is 12.7. The molecule has 0 bridgehead atoms. The van der Waals surface area contributed by atoms with Crippen LogP contribution < -0.4 is 5.32 Å². The number of nitrogens with one attached hydrogen (secondary N) is 1. The Hall–Kier alpha value is 0.300. The van der Waals surface area contributed by atoms with Crippen molar-refractivity contribution in [2.24, 2.45) is 0 Å². The monoisotopic (exact) mass is 275 g/mol. The molecule has 0 spiro atoms. The van der Waals surface area contributed by atoms with Gasteiger partial charge in [0.2, 0.25) is 0 Å². The number of thiophene rings is 1. The van der Waals surface area contributed by atoms with Crippen LogP contribution in [0.1, 0.15) is 36.6 Å². The summed E-state index contributed by atoms with van der Waals surface area (Å²) in [5, 5.41) is 4.28. The summed E-state index contributed by atoms with van der Waals surface area (Å²) in [6.07, 6.45) is 5.66. The first-order valence-electron chi connectivity index (χ1n) is 5.83. The average Bonchev–Trinajstić information content (AvgIpc) is 2.91. The van der Waals surface area contributed by atoms with Gasteiger partial charge in [0.25, 0.3) is 0 Å². The van der Waals surface area contributed by atoms with Crippen molar-refractivity contribution in [1.29, 1.82) is 0 Å². The van der Waals surface area contributed by atoms with Gasteiger partial charge in [-0.25, -0.2) is 0 Å². The van der Waals surface area contributed by atoms with E-state index in [9.17, 15) is 0 Å². The van der Waals surface area contributed by atoms with E-state index in [2.05, 4.69) is 23.1 Å². The molecule has 1 nitrogen and oxygen atoms in total. The minimum atomic E-state index is 0.461. The third-order valence-corrected chi connectivity index (χ3v) is 5.90. The summed E-state index contributed by atoms with van der Waals surface area (Å²) < 4.78 is 0.890. The van der Waals surface area contributed by atoms with Gasteiger partial charge in [0, 0.05) is 15.9 Å². The van der Waals surface area contributed by atoms with Crippen LogP contribution in [-0.2, 0) is 0 Å². The molecule has 4 heteroatoms. The van der Waals surface area contributed by atoms with E-state index in [1.54, 1.807) is 11.3 Å². The lowest BCUT2D eigenvalue weighted by molar-refractivity contribution is 0.671. The van der Waals surface area contributed by atoms with E-state index in [1.807, 2.05) is 13.1 Å². The molecule has 0 amide bonds. The van der Waals surface area contributed by atoms with Crippen LogP contribution in [0.5, 0.6) is 0 Å². The lowest BCUT2D eigenvalue weighted by Crippen LogP contribution is -2.18. The third kappa shape index (κ3) is 3.39. The molecule has 1 aromatic rings. The van der Waals surface area contributed by atoms with E-state index in [1.165, 1.54) is 30.6 Å². The van der Waals surface area contributed by atoms with E-state index < -0.39 is 0 Å². The second kappa shape index (κ2) is 6.29. The van der Waals surface area contributed by atoms with Crippen molar-refractivity contribution in [3.63, 3.8) is 0 Å². The molecule has 1 atom stereocenters. The highest BCUT2D eigenvalue weighted by molar-refractivity contribution is 7.99. The van der Waals surface area contributed by atoms with Gasteiger partial charge in [-0.3, -0.25) is 0 Å². The van der Waals surface area contributed by atoms with Gasteiger partial charge in [-0.15, -0.1) is 11.3 Å². The fourth-order valence-electron chi connectivity index (χ4n) is 2.11. The van der Waals surface area contributed by atoms with E-state index >= 15 is 0 Å². The normalized spacial score (nSPS) is 19.1. The van der Waals surface area contributed by atoms with Crippen molar-refractivity contribution < 1.29 is 0 Å². The first-order chi connectivity index (χ1) is 7.79. The lowest BCUT2D eigenvalue weighted by Gasteiger charge is -2.16. The first-order valence-corrected chi connectivity index (χ1v) is 8.08. The molecule has 2 rings (SSSR count). The van der Waals surface area contributed by atoms with Crippen LogP contribution >= 0.6 is 34.7 Å². The zero-order valence-corrected chi connectivity index (χ0v) is 11.9. The van der Waals surface area contributed by atoms with Crippen LogP contribution in [0.2, 0.25) is 4.34 Å². The molecule has 1 unspecified atom stereocenters. The van der Waals surface area contributed by atoms with Crippen LogP contribution in [-0.4, -0.2) is 18.1 Å². The average molecular weight is 276 g/mol. The van der Waals surface area contributed by atoms with Gasteiger partial charge < -0.3 is 5.32 Å². The van der Waals surface area contributed by atoms with Gasteiger partial charge in [-0.1, -0.05) is 24.4 Å². The van der Waals surface area contributed by atoms with Crippen LogP contribution in [0.25, 0.3) is 0 Å². The van der Waals surface area contributed by atoms with E-state index in [0.29, 0.717) is 6.04 Å². The lowest BCUT2D eigenvalue weighted by atomic mass is 10.3. The second-order valence-corrected chi connectivity index (χ2v) is 7.30. The molecular weight excluding hydrogens is 258 g/mol. The quantitative estimate of drug-likeness (QED) is 0.858. The Bertz CT molecular complexity index is 321. The smallest absolute Gasteiger partial charge is 0.0931 e. The van der Waals surface area contributed by atoms with E-state index in [4.69, 9.17) is 11.6 Å². The van der Waals surface area contributed by atoms with Crippen molar-refractivity contribution in [2.45, 2.75) is 37.0 Å². The number of rotatable bonds is 5. The van der Waals surface area contributed by atoms with Crippen LogP contribution in [0.15, 0.2) is 12.1 Å². The van der Waals surface area contributed by atoms with E-state index in [-0.39, 0.29) is 0 Å². The second-order valence-electron chi connectivity index (χ2n) is 4.22. The molecule has 90 valence electrons. The maximum absolute atomic E-state index is 5.97. The highest BCUT2D eigenvalue weighted by Gasteiger charge is 2.18. The fourth-order valence-corrected chi connectivity index (χ4v) is 4.86. The van der Waals surface area contributed by atoms with Gasteiger partial charge in [-0.2, -0.15) is 11.8 Å². The van der Waals surface area contributed by atoms with E-state index in [0.717, 1.165) is 15.3 Å². The standard InChI is InChI=1S/C12H18ClNS2/c1-14-10(11-6-7-12(13)16-11)8-15-9-4-2-3-5-9/h6-7,9-10,14H,2-5,8H2,1H3. The molecule has 0 aromatic carbocycles. The summed E-state index contributed by atoms with van der Waals surface area (Å²) in [7, 11) is 2.04. The molecule has 0 radical (unpaired) electrons. The zero-order chi connectivity index (χ0) is 11.4. The van der Waals surface area contributed by atoms with Crippen LogP contribution in [0.4, 0.5) is 0 Å². The molecule has 1 aromatic heterocycles. The minimum Gasteiger partial charge on any atom is -0.312 e. The number of hydrogen-bond donors (Lipinski definition) is 1. The van der Waals surface area contributed by atoms with Crippen molar-refractivity contribution in [2.75, 3.05) is 12.8 Å². The maximum Gasteiger partial charge on any atom is 0.0931 e. The maximum atomic E-state index is 5.97. The zero-order valence-electron chi connectivity index (χ0n) is 9.54. The summed E-state index contributed by atoms with van der Waals surface area (Å²) >= 11 is 9.79. The molecule has 0 saturated heterocycles. The van der Waals surface area contributed by atoms with Gasteiger partial charge in [0.15, 0.2) is 0 Å². The Morgan fingerprint density at radius 1 is 1.50 bits per heavy atom. The minimum absolute atomic E-state index is 0.461. The van der Waals surface area contributed by atoms with Crippen molar-refractivity contribution >= 4 is 34.7 Å². The third-order valence-electron chi connectivity index (χ3n) is 3.09. The summed E-state index contributed by atoms with van der Waals surface area (Å²) in [6, 6.07) is 4.60. The number of hydrogen-bond acceptors (Lipinski definition) is 3. The SMILES string of the molecule is CNC(CSC1CCCC1)c1ccc(Cl)s1. The van der Waals surface area contributed by atoms with Gasteiger partial charge in [-0.05, 0) is 32.0 Å². The van der Waals surface area contributed by atoms with Gasteiger partial charge >= 0.3 is 0 Å². The Labute approximate surface area is 111 Å². The fraction of sp³-hybridized carbons (Fsp3) is 0.667. The van der Waals surface area contributed by atoms with Crippen molar-refractivity contribution in [1.82, 2.24) is 5.32 Å². The highest BCUT2D eigenvalue weighted by Crippen LogP contribution is 2.34. The molecule has 1 aliphatic carbocycles. The van der Waals surface area contributed by atoms with Gasteiger partial charge in [0.1, 0.15) is 0 Å². The summed E-state index contributed by atoms with van der Waals surface area (Å²) in [4.78, 5) is 1.36. The Morgan fingerprint density at radius 3 is 2.81 bits per heavy atom. The molecule has 0 aliphatic heterocycles. The Kier molecular flexibility index (Phi) is 5.01. The van der Waals surface area contributed by atoms with Crippen LogP contribution in [0.3, 0.4) is 0 Å². The number of thioether (sulfide) groups is 1. The molecule has 1 heterocycles. The number of halogens is 1. The van der Waals surface area contributed by atoms with Crippen molar-refractivity contribution in [3.8, 4) is 0 Å². The predicted octanol–water partition coefficient (Wildman–Crippen LogP) is 4.34. The molecule has 16 heavy (non-hydrogen) atoms. The van der Waals surface area contributed by atoms with Crippen LogP contribution in [0, 0.1) is 0 Å². The predicted molar refractivity (Wildman–Crippen MR) is 75.8 cm³/mol. The summed E-state index contributed by atoms with van der Waals surface area (Å²) in [6.45, 7) is 0. The molecular formula is C12H18ClNS2. The molecule has 1 aliphatic rings. The molecule has 1 fully saturated rings. The topological polar surface area (TPSA) is 12.0 Å². The highest BCUT2D eigenvalue weighted by atomic mass is 35.5. The Morgan fingerprint density at radius 2 is 2.25 bits per heavy atom. The Balaban J connectivity index is 1.85.